The van der Waals surface area contributed by atoms with Crippen molar-refractivity contribution in [1.29, 1.82) is 0 Å². The van der Waals surface area contributed by atoms with Crippen LogP contribution in [0.15, 0.2) is 29.2 Å². The highest BCUT2D eigenvalue weighted by Crippen LogP contribution is 2.25. The molecule has 0 bridgehead atoms. The van der Waals surface area contributed by atoms with E-state index in [0.29, 0.717) is 5.25 Å². The van der Waals surface area contributed by atoms with Gasteiger partial charge in [0.05, 0.1) is 0 Å². The molecule has 1 aliphatic carbocycles. The summed E-state index contributed by atoms with van der Waals surface area (Å²) in [6, 6.07) is 9.71. The van der Waals surface area contributed by atoms with E-state index in [4.69, 9.17) is 0 Å². The fourth-order valence-corrected chi connectivity index (χ4v) is 2.74. The Morgan fingerprint density at radius 3 is 2.50 bits per heavy atom. The van der Waals surface area contributed by atoms with Crippen LogP contribution in [0.2, 0.25) is 0 Å². The van der Waals surface area contributed by atoms with Crippen LogP contribution in [-0.2, 0) is 0 Å². The molecule has 18 heavy (non-hydrogen) atoms. The molecule has 0 heterocycles. The van der Waals surface area contributed by atoms with Gasteiger partial charge in [-0.1, -0.05) is 13.8 Å². The molecule has 0 amide bonds. The Balaban J connectivity index is 1.79. The van der Waals surface area contributed by atoms with Crippen LogP contribution < -0.4 is 10.2 Å². The molecule has 0 aromatic heterocycles. The lowest BCUT2D eigenvalue weighted by molar-refractivity contribution is 0.675. The summed E-state index contributed by atoms with van der Waals surface area (Å²) >= 11 is 1.92. The smallest absolute Gasteiger partial charge is 0.0364 e. The summed E-state index contributed by atoms with van der Waals surface area (Å²) < 4.78 is 0. The van der Waals surface area contributed by atoms with Crippen molar-refractivity contribution in [1.82, 2.24) is 5.32 Å². The van der Waals surface area contributed by atoms with Crippen molar-refractivity contribution in [3.63, 3.8) is 0 Å². The molecule has 100 valence electrons. The van der Waals surface area contributed by atoms with Gasteiger partial charge >= 0.3 is 0 Å². The first-order valence-electron chi connectivity index (χ1n) is 6.86. The summed E-state index contributed by atoms with van der Waals surface area (Å²) in [7, 11) is 2.17. The molecule has 3 heteroatoms. The molecule has 1 saturated carbocycles. The third-order valence-corrected chi connectivity index (χ3v) is 4.12. The number of hydrogen-bond donors (Lipinski definition) is 1. The molecule has 1 aromatic carbocycles. The SMILES string of the molecule is CC(C)Sc1ccc(N(C)CCNC2CC2)cc1. The Bertz CT molecular complexity index is 357. The standard InChI is InChI=1S/C15H24N2S/c1-12(2)18-15-8-6-14(7-9-15)17(3)11-10-16-13-4-5-13/h6-9,12-13,16H,4-5,10-11H2,1-3H3. The third kappa shape index (κ3) is 4.54. The molecular formula is C15H24N2S. The van der Waals surface area contributed by atoms with Crippen molar-refractivity contribution >= 4 is 17.4 Å². The molecule has 0 saturated heterocycles. The van der Waals surface area contributed by atoms with E-state index in [-0.39, 0.29) is 0 Å². The number of hydrogen-bond acceptors (Lipinski definition) is 3. The van der Waals surface area contributed by atoms with Crippen molar-refractivity contribution in [2.45, 2.75) is 42.9 Å². The van der Waals surface area contributed by atoms with Gasteiger partial charge in [-0.25, -0.2) is 0 Å². The molecule has 0 atom stereocenters. The van der Waals surface area contributed by atoms with Crippen molar-refractivity contribution in [2.75, 3.05) is 25.0 Å². The predicted molar refractivity (Wildman–Crippen MR) is 81.7 cm³/mol. The number of thioether (sulfide) groups is 1. The van der Waals surface area contributed by atoms with Crippen LogP contribution in [-0.4, -0.2) is 31.4 Å². The molecule has 0 radical (unpaired) electrons. The average molecular weight is 264 g/mol. The fraction of sp³-hybridized carbons (Fsp3) is 0.600. The summed E-state index contributed by atoms with van der Waals surface area (Å²) in [5.74, 6) is 0. The lowest BCUT2D eigenvalue weighted by atomic mass is 10.3. The quantitative estimate of drug-likeness (QED) is 0.760. The summed E-state index contributed by atoms with van der Waals surface area (Å²) in [6.07, 6.45) is 2.73. The maximum absolute atomic E-state index is 3.55. The van der Waals surface area contributed by atoms with Crippen molar-refractivity contribution < 1.29 is 0 Å². The summed E-state index contributed by atoms with van der Waals surface area (Å²) in [4.78, 5) is 3.68. The highest BCUT2D eigenvalue weighted by Gasteiger charge is 2.19. The van der Waals surface area contributed by atoms with Gasteiger partial charge in [-0.05, 0) is 37.1 Å². The summed E-state index contributed by atoms with van der Waals surface area (Å²) in [6.45, 7) is 6.62. The van der Waals surface area contributed by atoms with Crippen LogP contribution in [0.4, 0.5) is 5.69 Å². The maximum atomic E-state index is 3.55. The Morgan fingerprint density at radius 2 is 1.94 bits per heavy atom. The molecule has 0 spiro atoms. The molecule has 1 aliphatic rings. The van der Waals surface area contributed by atoms with E-state index in [1.165, 1.54) is 23.4 Å². The summed E-state index contributed by atoms with van der Waals surface area (Å²) in [5.41, 5.74) is 1.31. The van der Waals surface area contributed by atoms with E-state index in [1.54, 1.807) is 0 Å². The van der Waals surface area contributed by atoms with Gasteiger partial charge in [0.2, 0.25) is 0 Å². The Morgan fingerprint density at radius 1 is 1.28 bits per heavy atom. The van der Waals surface area contributed by atoms with Gasteiger partial charge in [0.1, 0.15) is 0 Å². The second-order valence-corrected chi connectivity index (χ2v) is 6.96. The minimum absolute atomic E-state index is 0.649. The van der Waals surface area contributed by atoms with E-state index in [1.807, 2.05) is 11.8 Å². The second kappa shape index (κ2) is 6.48. The average Bonchev–Trinajstić information content (AvgIpc) is 3.13. The Labute approximate surface area is 115 Å². The molecular weight excluding hydrogens is 240 g/mol. The first kappa shape index (κ1) is 13.8. The van der Waals surface area contributed by atoms with E-state index < -0.39 is 0 Å². The zero-order chi connectivity index (χ0) is 13.0. The summed E-state index contributed by atoms with van der Waals surface area (Å²) in [5, 5.41) is 4.20. The number of nitrogens with one attached hydrogen (secondary N) is 1. The van der Waals surface area contributed by atoms with Crippen molar-refractivity contribution in [3.8, 4) is 0 Å². The first-order chi connectivity index (χ1) is 8.65. The lowest BCUT2D eigenvalue weighted by Crippen LogP contribution is -2.30. The Kier molecular flexibility index (Phi) is 4.95. The first-order valence-corrected chi connectivity index (χ1v) is 7.74. The van der Waals surface area contributed by atoms with Crippen LogP contribution in [0.1, 0.15) is 26.7 Å². The topological polar surface area (TPSA) is 15.3 Å². The highest BCUT2D eigenvalue weighted by atomic mass is 32.2. The molecule has 0 aliphatic heterocycles. The predicted octanol–water partition coefficient (Wildman–Crippen LogP) is 3.38. The van der Waals surface area contributed by atoms with E-state index in [2.05, 4.69) is 55.4 Å². The lowest BCUT2D eigenvalue weighted by Gasteiger charge is -2.20. The van der Waals surface area contributed by atoms with Gasteiger partial charge < -0.3 is 10.2 Å². The molecule has 0 unspecified atom stereocenters. The highest BCUT2D eigenvalue weighted by molar-refractivity contribution is 7.99. The van der Waals surface area contributed by atoms with E-state index in [9.17, 15) is 0 Å². The zero-order valence-corrected chi connectivity index (χ0v) is 12.5. The van der Waals surface area contributed by atoms with Gasteiger partial charge in [0, 0.05) is 42.0 Å². The van der Waals surface area contributed by atoms with Crippen LogP contribution >= 0.6 is 11.8 Å². The number of anilines is 1. The zero-order valence-electron chi connectivity index (χ0n) is 11.6. The van der Waals surface area contributed by atoms with E-state index in [0.717, 1.165) is 19.1 Å². The number of likely N-dealkylation sites (N-methyl/N-ethyl adjacent to an activating group) is 1. The van der Waals surface area contributed by atoms with Gasteiger partial charge in [-0.2, -0.15) is 0 Å². The second-order valence-electron chi connectivity index (χ2n) is 5.31. The minimum Gasteiger partial charge on any atom is -0.373 e. The molecule has 2 rings (SSSR count). The maximum Gasteiger partial charge on any atom is 0.0364 e. The third-order valence-electron chi connectivity index (χ3n) is 3.11. The number of benzene rings is 1. The van der Waals surface area contributed by atoms with E-state index >= 15 is 0 Å². The Hall–Kier alpha value is -0.670. The van der Waals surface area contributed by atoms with Gasteiger partial charge in [0.25, 0.3) is 0 Å². The number of rotatable bonds is 7. The minimum atomic E-state index is 0.649. The molecule has 1 aromatic rings. The number of nitrogens with zero attached hydrogens (tertiary/aromatic N) is 1. The van der Waals surface area contributed by atoms with Gasteiger partial charge in [-0.3, -0.25) is 0 Å². The molecule has 1 N–H and O–H groups in total. The van der Waals surface area contributed by atoms with Crippen LogP contribution in [0.25, 0.3) is 0 Å². The fourth-order valence-electron chi connectivity index (χ4n) is 1.90. The van der Waals surface area contributed by atoms with Crippen LogP contribution in [0.3, 0.4) is 0 Å². The molecule has 1 fully saturated rings. The van der Waals surface area contributed by atoms with Crippen LogP contribution in [0.5, 0.6) is 0 Å². The van der Waals surface area contributed by atoms with Gasteiger partial charge in [-0.15, -0.1) is 11.8 Å². The van der Waals surface area contributed by atoms with Crippen LogP contribution in [0, 0.1) is 0 Å². The van der Waals surface area contributed by atoms with Crippen molar-refractivity contribution in [3.05, 3.63) is 24.3 Å². The molecule has 2 nitrogen and oxygen atoms in total. The van der Waals surface area contributed by atoms with Crippen molar-refractivity contribution in [2.24, 2.45) is 0 Å². The largest absolute Gasteiger partial charge is 0.373 e. The monoisotopic (exact) mass is 264 g/mol. The normalized spacial score (nSPS) is 15.1. The van der Waals surface area contributed by atoms with Gasteiger partial charge in [0.15, 0.2) is 0 Å².